The number of ketones is 1. The fourth-order valence-electron chi connectivity index (χ4n) is 1.38. The van der Waals surface area contributed by atoms with Gasteiger partial charge in [-0.15, -0.1) is 0 Å². The number of carboxylic acid groups (broad SMARTS) is 1. The maximum absolute atomic E-state index is 11.4. The van der Waals surface area contributed by atoms with E-state index < -0.39 is 22.4 Å². The summed E-state index contributed by atoms with van der Waals surface area (Å²) in [4.78, 5) is 34.2. The Labute approximate surface area is 107 Å². The number of hydrogen-bond acceptors (Lipinski definition) is 4. The summed E-state index contributed by atoms with van der Waals surface area (Å²) in [6, 6.07) is 5.53. The van der Waals surface area contributed by atoms with Crippen LogP contribution < -0.4 is 0 Å². The molecule has 19 heavy (non-hydrogen) atoms. The van der Waals surface area contributed by atoms with Crippen LogP contribution in [0.25, 0.3) is 5.53 Å². The number of non-ortho nitro benzene ring substituents is 1. The highest BCUT2D eigenvalue weighted by Gasteiger charge is 2.28. The van der Waals surface area contributed by atoms with Gasteiger partial charge in [0, 0.05) is 18.6 Å². The lowest BCUT2D eigenvalue weighted by Crippen LogP contribution is -2.25. The Morgan fingerprint density at radius 1 is 1.32 bits per heavy atom. The number of carbonyl (C=O) groups is 2. The number of aryl methyl sites for hydroxylation is 1. The van der Waals surface area contributed by atoms with E-state index >= 15 is 0 Å². The lowest BCUT2D eigenvalue weighted by Gasteiger charge is -1.98. The molecule has 1 aromatic carbocycles. The Morgan fingerprint density at radius 3 is 2.32 bits per heavy atom. The molecule has 0 saturated carbocycles. The number of carbonyl (C=O) groups excluding carboxylic acids is 1. The Balaban J connectivity index is 2.67. The first-order valence-corrected chi connectivity index (χ1v) is 5.17. The zero-order chi connectivity index (χ0) is 14.4. The van der Waals surface area contributed by atoms with Gasteiger partial charge in [-0.1, -0.05) is 12.1 Å². The number of benzene rings is 1. The number of carboxylic acids is 1. The van der Waals surface area contributed by atoms with Crippen molar-refractivity contribution in [1.82, 2.24) is 0 Å². The predicted molar refractivity (Wildman–Crippen MR) is 62.7 cm³/mol. The van der Waals surface area contributed by atoms with Gasteiger partial charge in [0.25, 0.3) is 11.5 Å². The Morgan fingerprint density at radius 2 is 1.89 bits per heavy atom. The number of aliphatic carboxylic acids is 1. The van der Waals surface area contributed by atoms with Gasteiger partial charge < -0.3 is 10.6 Å². The minimum atomic E-state index is -1.60. The number of nitro groups is 1. The summed E-state index contributed by atoms with van der Waals surface area (Å²) in [5.74, 6) is -2.41. The first kappa shape index (κ1) is 14.2. The predicted octanol–water partition coefficient (Wildman–Crippen LogP) is 0.852. The summed E-state index contributed by atoms with van der Waals surface area (Å²) in [6.07, 6.45) is 0.0344. The van der Waals surface area contributed by atoms with E-state index in [0.717, 1.165) is 0 Å². The van der Waals surface area contributed by atoms with Gasteiger partial charge in [0.05, 0.1) is 4.92 Å². The van der Waals surface area contributed by atoms with E-state index in [9.17, 15) is 19.7 Å². The van der Waals surface area contributed by atoms with E-state index in [1.54, 1.807) is 0 Å². The molecule has 8 nitrogen and oxygen atoms in total. The fourth-order valence-corrected chi connectivity index (χ4v) is 1.38. The van der Waals surface area contributed by atoms with Gasteiger partial charge in [-0.2, -0.15) is 4.79 Å². The molecule has 1 N–H and O–H groups in total. The van der Waals surface area contributed by atoms with Crippen molar-refractivity contribution in [1.29, 1.82) is 0 Å². The summed E-state index contributed by atoms with van der Waals surface area (Å²) in [7, 11) is 0. The molecule has 1 aromatic rings. The smallest absolute Gasteiger partial charge is 0.441 e. The van der Waals surface area contributed by atoms with Crippen molar-refractivity contribution in [3.8, 4) is 0 Å². The molecule has 0 radical (unpaired) electrons. The second kappa shape index (κ2) is 6.18. The summed E-state index contributed by atoms with van der Waals surface area (Å²) in [5.41, 5.74) is 8.01. The lowest BCUT2D eigenvalue weighted by molar-refractivity contribution is -0.384. The molecule has 0 amide bonds. The van der Waals surface area contributed by atoms with Gasteiger partial charge >= 0.3 is 11.7 Å². The van der Waals surface area contributed by atoms with Crippen LogP contribution in [-0.2, 0) is 16.0 Å². The van der Waals surface area contributed by atoms with Crippen LogP contribution in [-0.4, -0.2) is 32.3 Å². The van der Waals surface area contributed by atoms with Crippen LogP contribution in [0.2, 0.25) is 0 Å². The van der Waals surface area contributed by atoms with Crippen molar-refractivity contribution in [3.05, 3.63) is 45.5 Å². The largest absolute Gasteiger partial charge is 0.472 e. The van der Waals surface area contributed by atoms with Crippen LogP contribution in [0.5, 0.6) is 0 Å². The first-order chi connectivity index (χ1) is 8.95. The van der Waals surface area contributed by atoms with Crippen molar-refractivity contribution < 1.29 is 24.4 Å². The lowest BCUT2D eigenvalue weighted by atomic mass is 10.0. The quantitative estimate of drug-likeness (QED) is 0.203. The van der Waals surface area contributed by atoms with Gasteiger partial charge in [-0.3, -0.25) is 14.9 Å². The molecule has 0 aliphatic rings. The standard InChI is InChI=1S/C11H9N3O5/c12-13-10(11(16)17)9(15)6-3-7-1-4-8(5-2-7)14(18)19/h1-2,4-5H,3,6H2,(H,16,17). The highest BCUT2D eigenvalue weighted by molar-refractivity contribution is 6.61. The average molecular weight is 263 g/mol. The van der Waals surface area contributed by atoms with Crippen LogP contribution in [0.4, 0.5) is 5.69 Å². The third kappa shape index (κ3) is 3.83. The number of rotatable bonds is 6. The van der Waals surface area contributed by atoms with Gasteiger partial charge in [0.2, 0.25) is 0 Å². The van der Waals surface area contributed by atoms with E-state index in [-0.39, 0.29) is 18.5 Å². The molecular formula is C11H9N3O5. The van der Waals surface area contributed by atoms with Crippen molar-refractivity contribution in [2.75, 3.05) is 0 Å². The molecule has 0 aliphatic carbocycles. The number of nitrogens with zero attached hydrogens (tertiary/aromatic N) is 3. The first-order valence-electron chi connectivity index (χ1n) is 5.17. The maximum atomic E-state index is 11.4. The minimum absolute atomic E-state index is 0.0711. The van der Waals surface area contributed by atoms with Crippen LogP contribution in [0.1, 0.15) is 12.0 Å². The summed E-state index contributed by atoms with van der Waals surface area (Å²) in [5, 5.41) is 19.0. The van der Waals surface area contributed by atoms with Crippen molar-refractivity contribution in [3.63, 3.8) is 0 Å². The molecular weight excluding hydrogens is 254 g/mol. The molecule has 0 atom stereocenters. The third-order valence-corrected chi connectivity index (χ3v) is 2.35. The van der Waals surface area contributed by atoms with Gasteiger partial charge in [-0.05, 0) is 12.0 Å². The van der Waals surface area contributed by atoms with Crippen LogP contribution in [0.3, 0.4) is 0 Å². The molecule has 98 valence electrons. The zero-order valence-electron chi connectivity index (χ0n) is 9.65. The van der Waals surface area contributed by atoms with Crippen LogP contribution in [0, 0.1) is 10.1 Å². The molecule has 0 heterocycles. The molecule has 0 saturated heterocycles. The Bertz CT molecular complexity index is 572. The minimum Gasteiger partial charge on any atom is -0.472 e. The monoisotopic (exact) mass is 263 g/mol. The third-order valence-electron chi connectivity index (χ3n) is 2.35. The van der Waals surface area contributed by atoms with E-state index in [1.807, 2.05) is 0 Å². The van der Waals surface area contributed by atoms with E-state index in [4.69, 9.17) is 10.6 Å². The maximum Gasteiger partial charge on any atom is 0.441 e. The normalized spacial score (nSPS) is 9.47. The van der Waals surface area contributed by atoms with Crippen LogP contribution >= 0.6 is 0 Å². The van der Waals surface area contributed by atoms with Crippen molar-refractivity contribution in [2.45, 2.75) is 12.8 Å². The zero-order valence-corrected chi connectivity index (χ0v) is 9.65. The molecule has 1 rings (SSSR count). The second-order valence-corrected chi connectivity index (χ2v) is 3.60. The molecule has 0 unspecified atom stereocenters. The summed E-state index contributed by atoms with van der Waals surface area (Å²) >= 11 is 0. The van der Waals surface area contributed by atoms with Gasteiger partial charge in [0.15, 0.2) is 0 Å². The fraction of sp³-hybridized carbons (Fsp3) is 0.182. The van der Waals surface area contributed by atoms with Crippen molar-refractivity contribution >= 4 is 23.2 Å². The number of hydrogen-bond donors (Lipinski definition) is 1. The second-order valence-electron chi connectivity index (χ2n) is 3.60. The summed E-state index contributed by atoms with van der Waals surface area (Å²) < 4.78 is 0. The Hall–Kier alpha value is -2.86. The summed E-state index contributed by atoms with van der Waals surface area (Å²) in [6.45, 7) is 0. The van der Waals surface area contributed by atoms with Crippen molar-refractivity contribution in [2.24, 2.45) is 0 Å². The van der Waals surface area contributed by atoms with Gasteiger partial charge in [0.1, 0.15) is 0 Å². The molecule has 0 spiro atoms. The molecule has 8 heteroatoms. The molecule has 0 aromatic heterocycles. The van der Waals surface area contributed by atoms with E-state index in [0.29, 0.717) is 5.56 Å². The molecule has 0 fully saturated rings. The number of Topliss-reactive ketones (excluding diaryl/α,β-unsaturated/α-hetero) is 1. The Kier molecular flexibility index (Phi) is 4.62. The van der Waals surface area contributed by atoms with E-state index in [1.165, 1.54) is 24.3 Å². The topological polar surface area (TPSA) is 134 Å². The van der Waals surface area contributed by atoms with Gasteiger partial charge in [-0.25, -0.2) is 4.79 Å². The SMILES string of the molecule is [N-]=[N+]=C(C(=O)O)C(=O)CCc1ccc([N+](=O)[O-])cc1. The highest BCUT2D eigenvalue weighted by atomic mass is 16.6. The number of nitro benzene ring substituents is 1. The van der Waals surface area contributed by atoms with Crippen LogP contribution in [0.15, 0.2) is 24.3 Å². The molecule has 0 bridgehead atoms. The van der Waals surface area contributed by atoms with E-state index in [2.05, 4.69) is 4.79 Å². The average Bonchev–Trinajstić information content (AvgIpc) is 2.37. The highest BCUT2D eigenvalue weighted by Crippen LogP contribution is 2.13. The molecule has 0 aliphatic heterocycles.